The van der Waals surface area contributed by atoms with Gasteiger partial charge in [0.25, 0.3) is 0 Å². The summed E-state index contributed by atoms with van der Waals surface area (Å²) in [5.41, 5.74) is 7.53. The molecule has 94 valence electrons. The van der Waals surface area contributed by atoms with Crippen molar-refractivity contribution in [2.75, 3.05) is 0 Å². The molecule has 18 heavy (non-hydrogen) atoms. The number of amidine groups is 1. The topological polar surface area (TPSA) is 103 Å². The van der Waals surface area contributed by atoms with Crippen molar-refractivity contribution in [1.29, 1.82) is 5.41 Å². The van der Waals surface area contributed by atoms with Crippen molar-refractivity contribution in [2.24, 2.45) is 12.8 Å². The standard InChI is InChI=1S/C11H14N6O/c1-6-7(2)15-16-11(9(6)10(12)13)18-8-4-14-17(3)5-8/h4-5H,1-3H3,(H3,12,13). The Kier molecular flexibility index (Phi) is 2.97. The van der Waals surface area contributed by atoms with E-state index in [1.54, 1.807) is 24.1 Å². The van der Waals surface area contributed by atoms with Crippen molar-refractivity contribution in [2.45, 2.75) is 13.8 Å². The predicted molar refractivity (Wildman–Crippen MR) is 65.8 cm³/mol. The van der Waals surface area contributed by atoms with E-state index in [1.807, 2.05) is 13.8 Å². The molecule has 2 heterocycles. The second kappa shape index (κ2) is 4.44. The summed E-state index contributed by atoms with van der Waals surface area (Å²) in [6.07, 6.45) is 3.25. The highest BCUT2D eigenvalue weighted by Crippen LogP contribution is 2.24. The molecule has 0 aliphatic heterocycles. The van der Waals surface area contributed by atoms with Gasteiger partial charge in [-0.25, -0.2) is 0 Å². The Morgan fingerprint density at radius 3 is 2.67 bits per heavy atom. The molecule has 0 saturated carbocycles. The first-order chi connectivity index (χ1) is 8.49. The summed E-state index contributed by atoms with van der Waals surface area (Å²) in [5, 5.41) is 19.5. The van der Waals surface area contributed by atoms with E-state index in [9.17, 15) is 0 Å². The third-order valence-electron chi connectivity index (χ3n) is 2.59. The van der Waals surface area contributed by atoms with Crippen molar-refractivity contribution < 1.29 is 4.74 Å². The second-order valence-corrected chi connectivity index (χ2v) is 3.96. The number of nitrogens with two attached hydrogens (primary N) is 1. The summed E-state index contributed by atoms with van der Waals surface area (Å²) in [4.78, 5) is 0. The van der Waals surface area contributed by atoms with E-state index in [-0.39, 0.29) is 11.7 Å². The number of aromatic nitrogens is 4. The molecule has 7 heteroatoms. The summed E-state index contributed by atoms with van der Waals surface area (Å²) in [5.74, 6) is 0.653. The smallest absolute Gasteiger partial charge is 0.250 e. The second-order valence-electron chi connectivity index (χ2n) is 3.96. The number of aryl methyl sites for hydroxylation is 2. The van der Waals surface area contributed by atoms with Gasteiger partial charge in [-0.3, -0.25) is 10.1 Å². The van der Waals surface area contributed by atoms with E-state index >= 15 is 0 Å². The Hall–Kier alpha value is -2.44. The van der Waals surface area contributed by atoms with Crippen LogP contribution in [0.3, 0.4) is 0 Å². The van der Waals surface area contributed by atoms with Crippen LogP contribution >= 0.6 is 0 Å². The Labute approximate surface area is 104 Å². The summed E-state index contributed by atoms with van der Waals surface area (Å²) >= 11 is 0. The first-order valence-corrected chi connectivity index (χ1v) is 5.34. The third kappa shape index (κ3) is 2.15. The maximum atomic E-state index is 7.59. The number of hydrogen-bond donors (Lipinski definition) is 2. The molecule has 0 aliphatic carbocycles. The van der Waals surface area contributed by atoms with Gasteiger partial charge < -0.3 is 10.5 Å². The van der Waals surface area contributed by atoms with Gasteiger partial charge >= 0.3 is 0 Å². The average molecular weight is 246 g/mol. The minimum absolute atomic E-state index is 0.0932. The minimum atomic E-state index is -0.0932. The summed E-state index contributed by atoms with van der Waals surface area (Å²) in [6.45, 7) is 3.64. The first kappa shape index (κ1) is 12.0. The van der Waals surface area contributed by atoms with E-state index in [0.29, 0.717) is 11.3 Å². The molecule has 0 atom stereocenters. The molecule has 0 unspecified atom stereocenters. The van der Waals surface area contributed by atoms with Crippen LogP contribution in [-0.2, 0) is 7.05 Å². The van der Waals surface area contributed by atoms with Gasteiger partial charge in [0, 0.05) is 7.05 Å². The van der Waals surface area contributed by atoms with Crippen LogP contribution in [0, 0.1) is 19.3 Å². The normalized spacial score (nSPS) is 10.4. The van der Waals surface area contributed by atoms with Crippen molar-refractivity contribution >= 4 is 5.84 Å². The average Bonchev–Trinajstić information content (AvgIpc) is 2.69. The lowest BCUT2D eigenvalue weighted by Crippen LogP contribution is -2.16. The van der Waals surface area contributed by atoms with Crippen LogP contribution in [-0.4, -0.2) is 25.8 Å². The zero-order chi connectivity index (χ0) is 13.3. The zero-order valence-electron chi connectivity index (χ0n) is 10.4. The van der Waals surface area contributed by atoms with Gasteiger partial charge in [0.1, 0.15) is 5.84 Å². The molecule has 0 amide bonds. The van der Waals surface area contributed by atoms with Crippen molar-refractivity contribution in [1.82, 2.24) is 20.0 Å². The summed E-state index contributed by atoms with van der Waals surface area (Å²) in [7, 11) is 1.78. The lowest BCUT2D eigenvalue weighted by atomic mass is 10.1. The van der Waals surface area contributed by atoms with Gasteiger partial charge in [0.2, 0.25) is 5.88 Å². The molecule has 0 spiro atoms. The lowest BCUT2D eigenvalue weighted by molar-refractivity contribution is 0.452. The predicted octanol–water partition coefficient (Wildman–Crippen LogP) is 0.903. The molecule has 0 aliphatic rings. The SMILES string of the molecule is Cc1nnc(Oc2cnn(C)c2)c(C(=N)N)c1C. The maximum absolute atomic E-state index is 7.59. The third-order valence-corrected chi connectivity index (χ3v) is 2.59. The molecule has 0 saturated heterocycles. The van der Waals surface area contributed by atoms with Crippen LogP contribution in [0.5, 0.6) is 11.6 Å². The minimum Gasteiger partial charge on any atom is -0.434 e. The van der Waals surface area contributed by atoms with Crippen LogP contribution in [0.4, 0.5) is 0 Å². The summed E-state index contributed by atoms with van der Waals surface area (Å²) in [6, 6.07) is 0. The molecule has 0 bridgehead atoms. The molecule has 7 nitrogen and oxygen atoms in total. The Balaban J connectivity index is 2.44. The van der Waals surface area contributed by atoms with Crippen LogP contribution in [0.15, 0.2) is 12.4 Å². The molecule has 0 radical (unpaired) electrons. The molecular weight excluding hydrogens is 232 g/mol. The van der Waals surface area contributed by atoms with E-state index in [1.165, 1.54) is 0 Å². The number of rotatable bonds is 3. The quantitative estimate of drug-likeness (QED) is 0.618. The monoisotopic (exact) mass is 246 g/mol. The summed E-state index contributed by atoms with van der Waals surface area (Å²) < 4.78 is 7.16. The van der Waals surface area contributed by atoms with Crippen molar-refractivity contribution in [3.05, 3.63) is 29.2 Å². The van der Waals surface area contributed by atoms with Gasteiger partial charge in [-0.1, -0.05) is 0 Å². The Morgan fingerprint density at radius 2 is 2.11 bits per heavy atom. The fraction of sp³-hybridized carbons (Fsp3) is 0.273. The number of nitrogens with one attached hydrogen (secondary N) is 1. The lowest BCUT2D eigenvalue weighted by Gasteiger charge is -2.10. The molecule has 2 aromatic rings. The molecule has 3 N–H and O–H groups in total. The highest BCUT2D eigenvalue weighted by molar-refractivity contribution is 5.98. The van der Waals surface area contributed by atoms with E-state index in [4.69, 9.17) is 15.9 Å². The van der Waals surface area contributed by atoms with Gasteiger partial charge in [-0.2, -0.15) is 10.2 Å². The molecule has 0 aromatic carbocycles. The number of hydrogen-bond acceptors (Lipinski definition) is 5. The number of nitrogen functional groups attached to an aromatic ring is 1. The Bertz CT molecular complexity index is 604. The van der Waals surface area contributed by atoms with Crippen LogP contribution in [0.1, 0.15) is 16.8 Å². The van der Waals surface area contributed by atoms with E-state index < -0.39 is 0 Å². The zero-order valence-corrected chi connectivity index (χ0v) is 10.4. The fourth-order valence-corrected chi connectivity index (χ4v) is 1.54. The highest BCUT2D eigenvalue weighted by Gasteiger charge is 2.16. The van der Waals surface area contributed by atoms with Gasteiger partial charge in [-0.05, 0) is 19.4 Å². The van der Waals surface area contributed by atoms with Gasteiger partial charge in [-0.15, -0.1) is 5.10 Å². The van der Waals surface area contributed by atoms with Crippen LogP contribution < -0.4 is 10.5 Å². The highest BCUT2D eigenvalue weighted by atomic mass is 16.5. The van der Waals surface area contributed by atoms with Crippen molar-refractivity contribution in [3.8, 4) is 11.6 Å². The largest absolute Gasteiger partial charge is 0.434 e. The Morgan fingerprint density at radius 1 is 1.39 bits per heavy atom. The van der Waals surface area contributed by atoms with Gasteiger partial charge in [0.05, 0.1) is 23.7 Å². The maximum Gasteiger partial charge on any atom is 0.250 e. The van der Waals surface area contributed by atoms with Gasteiger partial charge in [0.15, 0.2) is 5.75 Å². The molecule has 0 fully saturated rings. The van der Waals surface area contributed by atoms with E-state index in [0.717, 1.165) is 11.3 Å². The van der Waals surface area contributed by atoms with Crippen LogP contribution in [0.2, 0.25) is 0 Å². The van der Waals surface area contributed by atoms with E-state index in [2.05, 4.69) is 15.3 Å². The molecule has 2 rings (SSSR count). The van der Waals surface area contributed by atoms with Crippen molar-refractivity contribution in [3.63, 3.8) is 0 Å². The number of nitrogens with zero attached hydrogens (tertiary/aromatic N) is 4. The molecular formula is C11H14N6O. The fourth-order valence-electron chi connectivity index (χ4n) is 1.54. The molecule has 2 aromatic heterocycles. The van der Waals surface area contributed by atoms with Crippen LogP contribution in [0.25, 0.3) is 0 Å². The number of ether oxygens (including phenoxy) is 1. The first-order valence-electron chi connectivity index (χ1n) is 5.34.